The number of thiazole rings is 1. The van der Waals surface area contributed by atoms with Crippen molar-refractivity contribution in [3.05, 3.63) is 28.1 Å². The molecule has 0 aromatic carbocycles. The second-order valence-corrected chi connectivity index (χ2v) is 6.28. The Balaban J connectivity index is 2.41. The van der Waals surface area contributed by atoms with E-state index >= 15 is 0 Å². The van der Waals surface area contributed by atoms with Gasteiger partial charge in [-0.2, -0.15) is 5.26 Å². The average molecular weight is 262 g/mol. The molecular formula is C13H14N2S2. The molecule has 2 rings (SSSR count). The molecule has 0 bridgehead atoms. The van der Waals surface area contributed by atoms with E-state index in [9.17, 15) is 5.26 Å². The highest BCUT2D eigenvalue weighted by Gasteiger charge is 2.21. The smallest absolute Gasteiger partial charge is 0.133 e. The fourth-order valence-electron chi connectivity index (χ4n) is 1.71. The van der Waals surface area contributed by atoms with Crippen molar-refractivity contribution < 1.29 is 0 Å². The molecular weight excluding hydrogens is 248 g/mol. The Hall–Kier alpha value is -1.18. The predicted molar refractivity (Wildman–Crippen MR) is 73.4 cm³/mol. The summed E-state index contributed by atoms with van der Waals surface area (Å²) in [6.45, 7) is 6.16. The first-order chi connectivity index (χ1) is 8.13. The van der Waals surface area contributed by atoms with E-state index in [0.717, 1.165) is 15.6 Å². The van der Waals surface area contributed by atoms with Crippen LogP contribution in [0.15, 0.2) is 17.5 Å². The van der Waals surface area contributed by atoms with Crippen LogP contribution >= 0.6 is 22.7 Å². The van der Waals surface area contributed by atoms with E-state index in [2.05, 4.69) is 36.3 Å². The molecule has 0 spiro atoms. The third-order valence-corrected chi connectivity index (χ3v) is 4.93. The first-order valence-electron chi connectivity index (χ1n) is 5.54. The highest BCUT2D eigenvalue weighted by atomic mass is 32.1. The van der Waals surface area contributed by atoms with E-state index in [0.29, 0.717) is 5.92 Å². The molecule has 0 amide bonds. The summed E-state index contributed by atoms with van der Waals surface area (Å²) in [5.41, 5.74) is 0.999. The van der Waals surface area contributed by atoms with Gasteiger partial charge in [0.2, 0.25) is 0 Å². The number of thiophene rings is 1. The van der Waals surface area contributed by atoms with Crippen LogP contribution in [0.5, 0.6) is 0 Å². The van der Waals surface area contributed by atoms with E-state index in [-0.39, 0.29) is 5.92 Å². The topological polar surface area (TPSA) is 36.7 Å². The molecule has 2 aromatic rings. The van der Waals surface area contributed by atoms with Crippen LogP contribution < -0.4 is 0 Å². The Bertz CT molecular complexity index is 532. The van der Waals surface area contributed by atoms with Gasteiger partial charge in [0.15, 0.2) is 0 Å². The van der Waals surface area contributed by atoms with Gasteiger partial charge in [-0.15, -0.1) is 22.7 Å². The summed E-state index contributed by atoms with van der Waals surface area (Å²) in [6, 6.07) is 6.49. The SMILES string of the molecule is Cc1nc(-c2cccs2)sc1C(C#N)C(C)C. The van der Waals surface area contributed by atoms with Crippen LogP contribution in [0.25, 0.3) is 9.88 Å². The second-order valence-electron chi connectivity index (χ2n) is 4.30. The van der Waals surface area contributed by atoms with Crippen LogP contribution in [0.1, 0.15) is 30.3 Å². The maximum Gasteiger partial charge on any atom is 0.133 e. The largest absolute Gasteiger partial charge is 0.240 e. The number of rotatable bonds is 3. The Kier molecular flexibility index (Phi) is 3.60. The van der Waals surface area contributed by atoms with Gasteiger partial charge in [0, 0.05) is 4.88 Å². The van der Waals surface area contributed by atoms with E-state index in [1.807, 2.05) is 13.0 Å². The number of aryl methyl sites for hydroxylation is 1. The van der Waals surface area contributed by atoms with Crippen molar-refractivity contribution in [2.45, 2.75) is 26.7 Å². The maximum atomic E-state index is 9.25. The standard InChI is InChI=1S/C13H14N2S2/c1-8(2)10(7-14)12-9(3)15-13(17-12)11-5-4-6-16-11/h4-6,8,10H,1-3H3. The number of hydrogen-bond donors (Lipinski definition) is 0. The summed E-state index contributed by atoms with van der Waals surface area (Å²) < 4.78 is 0. The molecule has 17 heavy (non-hydrogen) atoms. The Morgan fingerprint density at radius 2 is 2.18 bits per heavy atom. The Morgan fingerprint density at radius 3 is 2.71 bits per heavy atom. The van der Waals surface area contributed by atoms with E-state index < -0.39 is 0 Å². The van der Waals surface area contributed by atoms with Crippen molar-refractivity contribution in [3.8, 4) is 16.0 Å². The van der Waals surface area contributed by atoms with Crippen molar-refractivity contribution in [2.24, 2.45) is 5.92 Å². The summed E-state index contributed by atoms with van der Waals surface area (Å²) in [4.78, 5) is 6.88. The third-order valence-electron chi connectivity index (χ3n) is 2.65. The molecule has 1 unspecified atom stereocenters. The quantitative estimate of drug-likeness (QED) is 0.819. The number of nitriles is 1. The molecule has 0 aliphatic rings. The third kappa shape index (κ3) is 2.41. The maximum absolute atomic E-state index is 9.25. The zero-order valence-corrected chi connectivity index (χ0v) is 11.7. The molecule has 4 heteroatoms. The lowest BCUT2D eigenvalue weighted by Gasteiger charge is -2.10. The Morgan fingerprint density at radius 1 is 1.41 bits per heavy atom. The molecule has 0 fully saturated rings. The summed E-state index contributed by atoms with van der Waals surface area (Å²) in [5, 5.41) is 12.3. The first kappa shape index (κ1) is 12.3. The van der Waals surface area contributed by atoms with Crippen LogP contribution in [-0.4, -0.2) is 4.98 Å². The van der Waals surface area contributed by atoms with Crippen molar-refractivity contribution in [1.82, 2.24) is 4.98 Å². The van der Waals surface area contributed by atoms with E-state index in [1.165, 1.54) is 4.88 Å². The number of hydrogen-bond acceptors (Lipinski definition) is 4. The molecule has 1 atom stereocenters. The molecule has 2 aromatic heterocycles. The lowest BCUT2D eigenvalue weighted by molar-refractivity contribution is 0.591. The van der Waals surface area contributed by atoms with E-state index in [1.54, 1.807) is 22.7 Å². The highest BCUT2D eigenvalue weighted by Crippen LogP contribution is 2.37. The van der Waals surface area contributed by atoms with Gasteiger partial charge in [-0.05, 0) is 24.3 Å². The fourth-order valence-corrected chi connectivity index (χ4v) is 3.79. The second kappa shape index (κ2) is 4.99. The van der Waals surface area contributed by atoms with Crippen molar-refractivity contribution in [3.63, 3.8) is 0 Å². The summed E-state index contributed by atoms with van der Waals surface area (Å²) >= 11 is 3.35. The van der Waals surface area contributed by atoms with Crippen molar-refractivity contribution in [2.75, 3.05) is 0 Å². The fraction of sp³-hybridized carbons (Fsp3) is 0.385. The van der Waals surface area contributed by atoms with Crippen molar-refractivity contribution >= 4 is 22.7 Å². The summed E-state index contributed by atoms with van der Waals surface area (Å²) in [6.07, 6.45) is 0. The minimum absolute atomic E-state index is 0.0405. The lowest BCUT2D eigenvalue weighted by Crippen LogP contribution is -2.03. The van der Waals surface area contributed by atoms with Crippen LogP contribution in [0, 0.1) is 24.2 Å². The number of aromatic nitrogens is 1. The minimum atomic E-state index is -0.0405. The summed E-state index contributed by atoms with van der Waals surface area (Å²) in [5.74, 6) is 0.288. The normalized spacial score (nSPS) is 12.6. The lowest BCUT2D eigenvalue weighted by atomic mass is 9.95. The van der Waals surface area contributed by atoms with Gasteiger partial charge >= 0.3 is 0 Å². The van der Waals surface area contributed by atoms with Crippen LogP contribution in [0.3, 0.4) is 0 Å². The average Bonchev–Trinajstić information content (AvgIpc) is 2.89. The van der Waals surface area contributed by atoms with Crippen LogP contribution in [-0.2, 0) is 0 Å². The monoisotopic (exact) mass is 262 g/mol. The van der Waals surface area contributed by atoms with Gasteiger partial charge in [-0.1, -0.05) is 19.9 Å². The molecule has 0 N–H and O–H groups in total. The molecule has 2 nitrogen and oxygen atoms in total. The van der Waals surface area contributed by atoms with Crippen LogP contribution in [0.2, 0.25) is 0 Å². The highest BCUT2D eigenvalue weighted by molar-refractivity contribution is 7.21. The molecule has 0 saturated carbocycles. The van der Waals surface area contributed by atoms with Crippen molar-refractivity contribution in [1.29, 1.82) is 5.26 Å². The molecule has 88 valence electrons. The summed E-state index contributed by atoms with van der Waals surface area (Å²) in [7, 11) is 0. The number of nitrogens with zero attached hydrogens (tertiary/aromatic N) is 2. The van der Waals surface area contributed by atoms with Gasteiger partial charge in [0.1, 0.15) is 5.01 Å². The van der Waals surface area contributed by atoms with Gasteiger partial charge in [-0.25, -0.2) is 4.98 Å². The van der Waals surface area contributed by atoms with Crippen LogP contribution in [0.4, 0.5) is 0 Å². The Labute approximate surface area is 110 Å². The zero-order valence-electron chi connectivity index (χ0n) is 10.1. The van der Waals surface area contributed by atoms with E-state index in [4.69, 9.17) is 0 Å². The molecule has 0 radical (unpaired) electrons. The van der Waals surface area contributed by atoms with Gasteiger partial charge in [-0.3, -0.25) is 0 Å². The molecule has 0 aliphatic heterocycles. The van der Waals surface area contributed by atoms with Gasteiger partial charge in [0.25, 0.3) is 0 Å². The van der Waals surface area contributed by atoms with Gasteiger partial charge in [0.05, 0.1) is 22.6 Å². The molecule has 2 heterocycles. The van der Waals surface area contributed by atoms with Gasteiger partial charge < -0.3 is 0 Å². The zero-order chi connectivity index (χ0) is 12.4. The molecule has 0 saturated heterocycles. The minimum Gasteiger partial charge on any atom is -0.240 e. The molecule has 0 aliphatic carbocycles. The first-order valence-corrected chi connectivity index (χ1v) is 7.24. The predicted octanol–water partition coefficient (Wildman–Crippen LogP) is 4.44.